The van der Waals surface area contributed by atoms with Gasteiger partial charge in [0.1, 0.15) is 0 Å². The highest BCUT2D eigenvalue weighted by atomic mass is 32.2. The molecule has 170 valence electrons. The summed E-state index contributed by atoms with van der Waals surface area (Å²) >= 11 is 0. The van der Waals surface area contributed by atoms with Crippen LogP contribution in [0.5, 0.6) is 0 Å². The Balaban J connectivity index is 1.57. The Labute approximate surface area is 189 Å². The van der Waals surface area contributed by atoms with Crippen molar-refractivity contribution in [1.29, 1.82) is 0 Å². The summed E-state index contributed by atoms with van der Waals surface area (Å²) in [5.41, 5.74) is 2.50. The average molecular weight is 456 g/mol. The fraction of sp³-hybridized carbons (Fsp3) is 0.333. The average Bonchev–Trinajstić information content (AvgIpc) is 3.23. The molecule has 1 fully saturated rings. The van der Waals surface area contributed by atoms with Crippen LogP contribution in [0, 0.1) is 0 Å². The number of nitrogens with zero attached hydrogens (tertiary/aromatic N) is 2. The molecular weight excluding hydrogens is 426 g/mol. The number of hydrogen-bond acceptors (Lipinski definition) is 4. The molecule has 0 unspecified atom stereocenters. The van der Waals surface area contributed by atoms with E-state index < -0.39 is 10.0 Å². The van der Waals surface area contributed by atoms with Crippen LogP contribution in [0.25, 0.3) is 6.08 Å². The van der Waals surface area contributed by atoms with Crippen LogP contribution in [-0.4, -0.2) is 44.2 Å². The van der Waals surface area contributed by atoms with Gasteiger partial charge in [0.05, 0.1) is 4.90 Å². The van der Waals surface area contributed by atoms with E-state index >= 15 is 0 Å². The smallest absolute Gasteiger partial charge is 0.244 e. The predicted molar refractivity (Wildman–Crippen MR) is 125 cm³/mol. The van der Waals surface area contributed by atoms with Crippen LogP contribution in [-0.2, 0) is 26.2 Å². The molecule has 7 nitrogen and oxygen atoms in total. The molecule has 1 aliphatic heterocycles. The van der Waals surface area contributed by atoms with Crippen LogP contribution in [0.1, 0.15) is 37.8 Å². The summed E-state index contributed by atoms with van der Waals surface area (Å²) in [6.07, 6.45) is 4.51. The molecule has 0 aromatic heterocycles. The van der Waals surface area contributed by atoms with Crippen molar-refractivity contribution >= 4 is 33.6 Å². The number of sulfonamides is 1. The zero-order chi connectivity index (χ0) is 23.1. The van der Waals surface area contributed by atoms with E-state index in [0.717, 1.165) is 29.8 Å². The Morgan fingerprint density at radius 3 is 2.47 bits per heavy atom. The molecule has 1 aliphatic rings. The third kappa shape index (κ3) is 5.63. The number of carbonyl (C=O) groups is 2. The predicted octanol–water partition coefficient (Wildman–Crippen LogP) is 3.17. The maximum atomic E-state index is 12.5. The van der Waals surface area contributed by atoms with Gasteiger partial charge in [-0.05, 0) is 47.9 Å². The van der Waals surface area contributed by atoms with Crippen molar-refractivity contribution in [2.75, 3.05) is 24.5 Å². The Bertz CT molecular complexity index is 1090. The Hall–Kier alpha value is -2.97. The van der Waals surface area contributed by atoms with Crippen molar-refractivity contribution in [3.8, 4) is 0 Å². The van der Waals surface area contributed by atoms with Crippen LogP contribution in [0.2, 0.25) is 0 Å². The Kier molecular flexibility index (Phi) is 7.82. The van der Waals surface area contributed by atoms with Gasteiger partial charge in [-0.2, -0.15) is 4.31 Å². The first kappa shape index (κ1) is 23.7. The van der Waals surface area contributed by atoms with Crippen molar-refractivity contribution in [2.45, 2.75) is 38.1 Å². The molecule has 32 heavy (non-hydrogen) atoms. The number of amides is 2. The van der Waals surface area contributed by atoms with Crippen LogP contribution >= 0.6 is 0 Å². The summed E-state index contributed by atoms with van der Waals surface area (Å²) < 4.78 is 26.5. The molecule has 2 aromatic rings. The maximum Gasteiger partial charge on any atom is 0.244 e. The van der Waals surface area contributed by atoms with E-state index in [4.69, 9.17) is 0 Å². The van der Waals surface area contributed by atoms with Crippen LogP contribution in [0.15, 0.2) is 59.5 Å². The van der Waals surface area contributed by atoms with E-state index in [1.54, 1.807) is 49.1 Å². The fourth-order valence-corrected chi connectivity index (χ4v) is 5.10. The number of anilines is 1. The fourth-order valence-electron chi connectivity index (χ4n) is 3.64. The highest BCUT2D eigenvalue weighted by molar-refractivity contribution is 7.89. The van der Waals surface area contributed by atoms with Gasteiger partial charge in [0, 0.05) is 44.4 Å². The lowest BCUT2D eigenvalue weighted by Crippen LogP contribution is -2.30. The maximum absolute atomic E-state index is 12.5. The van der Waals surface area contributed by atoms with Crippen LogP contribution in [0.3, 0.4) is 0 Å². The van der Waals surface area contributed by atoms with Gasteiger partial charge in [0.15, 0.2) is 0 Å². The van der Waals surface area contributed by atoms with Gasteiger partial charge in [-0.15, -0.1) is 0 Å². The van der Waals surface area contributed by atoms with Crippen molar-refractivity contribution in [1.82, 2.24) is 9.62 Å². The summed E-state index contributed by atoms with van der Waals surface area (Å²) in [5.74, 6) is -0.127. The van der Waals surface area contributed by atoms with Crippen LogP contribution < -0.4 is 10.2 Å². The highest BCUT2D eigenvalue weighted by Gasteiger charge is 2.22. The lowest BCUT2D eigenvalue weighted by Gasteiger charge is -2.18. The number of carbonyl (C=O) groups excluding carboxylic acids is 2. The lowest BCUT2D eigenvalue weighted by molar-refractivity contribution is -0.117. The second-order valence-corrected chi connectivity index (χ2v) is 9.47. The minimum atomic E-state index is -3.50. The number of nitrogens with one attached hydrogen (secondary N) is 1. The minimum absolute atomic E-state index is 0.130. The number of benzene rings is 2. The second kappa shape index (κ2) is 10.6. The highest BCUT2D eigenvalue weighted by Crippen LogP contribution is 2.22. The molecule has 2 amide bonds. The van der Waals surface area contributed by atoms with E-state index in [0.29, 0.717) is 26.1 Å². The summed E-state index contributed by atoms with van der Waals surface area (Å²) in [6.45, 7) is 5.51. The molecule has 2 aromatic carbocycles. The largest absolute Gasteiger partial charge is 0.348 e. The monoisotopic (exact) mass is 455 g/mol. The molecule has 3 rings (SSSR count). The SMILES string of the molecule is CCN(CC)S(=O)(=O)c1ccc(/C=C/C(=O)NCc2cccc(N3CCCC3=O)c2)cc1. The third-order valence-electron chi connectivity index (χ3n) is 5.41. The molecule has 0 bridgehead atoms. The third-order valence-corrected chi connectivity index (χ3v) is 7.48. The van der Waals surface area contributed by atoms with Gasteiger partial charge in [0.2, 0.25) is 21.8 Å². The van der Waals surface area contributed by atoms with E-state index in [9.17, 15) is 18.0 Å². The van der Waals surface area contributed by atoms with Crippen LogP contribution in [0.4, 0.5) is 5.69 Å². The summed E-state index contributed by atoms with van der Waals surface area (Å²) in [6, 6.07) is 14.1. The van der Waals surface area contributed by atoms with Gasteiger partial charge < -0.3 is 10.2 Å². The summed E-state index contributed by atoms with van der Waals surface area (Å²) in [4.78, 5) is 26.1. The molecule has 0 aliphatic carbocycles. The van der Waals surface area contributed by atoms with Gasteiger partial charge in [0.25, 0.3) is 0 Å². The first-order valence-corrected chi connectivity index (χ1v) is 12.2. The molecule has 8 heteroatoms. The van der Waals surface area contributed by atoms with Crippen molar-refractivity contribution in [3.05, 3.63) is 65.7 Å². The first-order valence-electron chi connectivity index (χ1n) is 10.8. The molecule has 1 N–H and O–H groups in total. The molecule has 1 heterocycles. The van der Waals surface area contributed by atoms with Gasteiger partial charge in [-0.3, -0.25) is 9.59 Å². The molecule has 0 atom stereocenters. The number of hydrogen-bond donors (Lipinski definition) is 1. The second-order valence-electron chi connectivity index (χ2n) is 7.53. The van der Waals surface area contributed by atoms with Gasteiger partial charge in [-0.25, -0.2) is 8.42 Å². The molecular formula is C24H29N3O4S. The Morgan fingerprint density at radius 2 is 1.84 bits per heavy atom. The first-order chi connectivity index (χ1) is 15.3. The molecule has 0 radical (unpaired) electrons. The molecule has 1 saturated heterocycles. The lowest BCUT2D eigenvalue weighted by atomic mass is 10.2. The summed E-state index contributed by atoms with van der Waals surface area (Å²) in [7, 11) is -3.50. The van der Waals surface area contributed by atoms with Gasteiger partial charge in [-0.1, -0.05) is 38.1 Å². The zero-order valence-corrected chi connectivity index (χ0v) is 19.3. The van der Waals surface area contributed by atoms with Crippen molar-refractivity contribution in [3.63, 3.8) is 0 Å². The van der Waals surface area contributed by atoms with E-state index in [1.807, 2.05) is 24.3 Å². The van der Waals surface area contributed by atoms with E-state index in [-0.39, 0.29) is 16.7 Å². The number of rotatable bonds is 9. The van der Waals surface area contributed by atoms with Crippen molar-refractivity contribution < 1.29 is 18.0 Å². The standard InChI is InChI=1S/C24H29N3O4S/c1-3-26(4-2)32(30,31)22-13-10-19(11-14-22)12-15-23(28)25-18-20-7-5-8-21(17-20)27-16-6-9-24(27)29/h5,7-8,10-15,17H,3-4,6,9,16,18H2,1-2H3,(H,25,28)/b15-12+. The minimum Gasteiger partial charge on any atom is -0.348 e. The Morgan fingerprint density at radius 1 is 1.12 bits per heavy atom. The molecule has 0 saturated carbocycles. The zero-order valence-electron chi connectivity index (χ0n) is 18.5. The molecule has 0 spiro atoms. The van der Waals surface area contributed by atoms with E-state index in [2.05, 4.69) is 5.32 Å². The van der Waals surface area contributed by atoms with Crippen molar-refractivity contribution in [2.24, 2.45) is 0 Å². The topological polar surface area (TPSA) is 86.8 Å². The quantitative estimate of drug-likeness (QED) is 0.589. The summed E-state index contributed by atoms with van der Waals surface area (Å²) in [5, 5.41) is 2.83. The van der Waals surface area contributed by atoms with E-state index in [1.165, 1.54) is 10.4 Å². The van der Waals surface area contributed by atoms with Gasteiger partial charge >= 0.3 is 0 Å². The normalized spacial score (nSPS) is 14.5.